The zero-order chi connectivity index (χ0) is 27.4. The van der Waals surface area contributed by atoms with E-state index in [2.05, 4.69) is 0 Å². The van der Waals surface area contributed by atoms with E-state index in [-0.39, 0.29) is 43.9 Å². The molecule has 1 aliphatic rings. The lowest BCUT2D eigenvalue weighted by atomic mass is 9.76. The minimum absolute atomic E-state index is 0.0993. The van der Waals surface area contributed by atoms with Gasteiger partial charge in [-0.15, -0.1) is 0 Å². The average molecular weight is 527 g/mol. The van der Waals surface area contributed by atoms with Crippen LogP contribution in [-0.2, 0) is 14.9 Å². The first-order chi connectivity index (χ1) is 18.2. The van der Waals surface area contributed by atoms with E-state index in [9.17, 15) is 14.8 Å². The number of rotatable bonds is 7. The number of aromatic nitrogens is 2. The summed E-state index contributed by atoms with van der Waals surface area (Å²) in [7, 11) is 4.37. The molecule has 2 heterocycles. The number of carbonyl (C=O) groups is 2. The molecule has 0 radical (unpaired) electrons. The fraction of sp³-hybridized carbons (Fsp3) is 0.370. The quantitative estimate of drug-likeness (QED) is 0.281. The van der Waals surface area contributed by atoms with Crippen molar-refractivity contribution < 1.29 is 33.4 Å². The number of esters is 1. The van der Waals surface area contributed by atoms with Gasteiger partial charge in [-0.2, -0.15) is 5.10 Å². The SMILES string of the molecule is COc1ccc(-c2c(F)c(C3(COC(C)=O)CCN(C(=O)N(C)O)CC3)nn2-c2ccc(OC)cc2)cc1. The summed E-state index contributed by atoms with van der Waals surface area (Å²) < 4.78 is 34.0. The molecule has 1 aromatic heterocycles. The molecule has 1 fully saturated rings. The molecule has 2 amide bonds. The Kier molecular flexibility index (Phi) is 7.86. The molecule has 11 heteroatoms. The van der Waals surface area contributed by atoms with E-state index < -0.39 is 23.2 Å². The number of nitrogens with zero attached hydrogens (tertiary/aromatic N) is 4. The maximum Gasteiger partial charge on any atom is 0.343 e. The predicted octanol–water partition coefficient (Wildman–Crippen LogP) is 4.03. The van der Waals surface area contributed by atoms with E-state index in [4.69, 9.17) is 19.3 Å². The maximum atomic E-state index is 16.5. The number of urea groups is 1. The van der Waals surface area contributed by atoms with Gasteiger partial charge in [-0.25, -0.2) is 18.9 Å². The topological polar surface area (TPSA) is 106 Å². The standard InChI is InChI=1S/C27H31FN4O6/c1-18(33)38-17-27(13-15-31(16-14-27)26(34)30(2)35)25-23(28)24(19-5-9-21(36-3)10-6-19)32(29-25)20-7-11-22(37-4)12-8-20/h5-12,35H,13-17H2,1-4H3. The van der Waals surface area contributed by atoms with Crippen LogP contribution in [0.5, 0.6) is 11.5 Å². The summed E-state index contributed by atoms with van der Waals surface area (Å²) in [4.78, 5) is 25.6. The molecule has 0 unspecified atom stereocenters. The zero-order valence-electron chi connectivity index (χ0n) is 21.8. The van der Waals surface area contributed by atoms with Gasteiger partial charge in [0.25, 0.3) is 0 Å². The van der Waals surface area contributed by atoms with Crippen molar-refractivity contribution in [1.82, 2.24) is 19.7 Å². The summed E-state index contributed by atoms with van der Waals surface area (Å²) in [5.74, 6) is 0.229. The molecule has 0 saturated carbocycles. The molecular formula is C27H31FN4O6. The molecule has 0 aliphatic carbocycles. The molecule has 0 spiro atoms. The second-order valence-electron chi connectivity index (χ2n) is 9.20. The third-order valence-electron chi connectivity index (χ3n) is 6.83. The number of hydroxylamine groups is 2. The van der Waals surface area contributed by atoms with Crippen LogP contribution in [0, 0.1) is 5.82 Å². The number of hydrogen-bond acceptors (Lipinski definition) is 7. The number of methoxy groups -OCH3 is 2. The summed E-state index contributed by atoms with van der Waals surface area (Å²) in [6.07, 6.45) is 0.552. The lowest BCUT2D eigenvalue weighted by molar-refractivity contribution is -0.143. The van der Waals surface area contributed by atoms with Crippen LogP contribution in [-0.4, -0.2) is 77.9 Å². The largest absolute Gasteiger partial charge is 0.497 e. The van der Waals surface area contributed by atoms with Crippen molar-refractivity contribution in [2.24, 2.45) is 0 Å². The number of amides is 2. The van der Waals surface area contributed by atoms with E-state index in [0.717, 1.165) is 0 Å². The van der Waals surface area contributed by atoms with Crippen molar-refractivity contribution in [2.75, 3.05) is 41.0 Å². The summed E-state index contributed by atoms with van der Waals surface area (Å²) in [5.41, 5.74) is 0.585. The van der Waals surface area contributed by atoms with Gasteiger partial charge in [-0.1, -0.05) is 0 Å². The number of hydrogen-bond donors (Lipinski definition) is 1. The van der Waals surface area contributed by atoms with Crippen LogP contribution in [0.25, 0.3) is 16.9 Å². The predicted molar refractivity (Wildman–Crippen MR) is 136 cm³/mol. The van der Waals surface area contributed by atoms with Gasteiger partial charge in [0.15, 0.2) is 5.82 Å². The van der Waals surface area contributed by atoms with Crippen molar-refractivity contribution in [2.45, 2.75) is 25.2 Å². The summed E-state index contributed by atoms with van der Waals surface area (Å²) in [5, 5.41) is 14.8. The van der Waals surface area contributed by atoms with Crippen molar-refractivity contribution in [3.63, 3.8) is 0 Å². The smallest absolute Gasteiger partial charge is 0.343 e. The molecular weight excluding hydrogens is 495 g/mol. The van der Waals surface area contributed by atoms with Gasteiger partial charge < -0.3 is 19.1 Å². The molecule has 38 heavy (non-hydrogen) atoms. The Morgan fingerprint density at radius 2 is 1.58 bits per heavy atom. The first kappa shape index (κ1) is 26.9. The maximum absolute atomic E-state index is 16.5. The Labute approximate surface area is 220 Å². The van der Waals surface area contributed by atoms with E-state index in [1.54, 1.807) is 62.8 Å². The van der Waals surface area contributed by atoms with Crippen LogP contribution in [0.2, 0.25) is 0 Å². The highest BCUT2D eigenvalue weighted by atomic mass is 19.1. The number of benzene rings is 2. The highest BCUT2D eigenvalue weighted by molar-refractivity contribution is 5.73. The molecule has 10 nitrogen and oxygen atoms in total. The van der Waals surface area contributed by atoms with Gasteiger partial charge in [0.1, 0.15) is 29.5 Å². The number of halogens is 1. The highest BCUT2D eigenvalue weighted by Gasteiger charge is 2.44. The van der Waals surface area contributed by atoms with Gasteiger partial charge in [-0.3, -0.25) is 10.0 Å². The molecule has 0 atom stereocenters. The lowest BCUT2D eigenvalue weighted by Crippen LogP contribution is -2.50. The van der Waals surface area contributed by atoms with Crippen molar-refractivity contribution in [3.05, 3.63) is 60.0 Å². The number of ether oxygens (including phenoxy) is 3. The van der Waals surface area contributed by atoms with Crippen molar-refractivity contribution >= 4 is 12.0 Å². The molecule has 2 aromatic carbocycles. The minimum Gasteiger partial charge on any atom is -0.497 e. The lowest BCUT2D eigenvalue weighted by Gasteiger charge is -2.40. The van der Waals surface area contributed by atoms with Crippen LogP contribution in [0.1, 0.15) is 25.5 Å². The Balaban J connectivity index is 1.84. The van der Waals surface area contributed by atoms with Crippen LogP contribution in [0.15, 0.2) is 48.5 Å². The molecule has 4 rings (SSSR count). The van der Waals surface area contributed by atoms with Gasteiger partial charge in [0.2, 0.25) is 0 Å². The van der Waals surface area contributed by atoms with Gasteiger partial charge >= 0.3 is 12.0 Å². The van der Waals surface area contributed by atoms with E-state index in [1.807, 2.05) is 0 Å². The van der Waals surface area contributed by atoms with E-state index in [1.165, 1.54) is 23.6 Å². The Morgan fingerprint density at radius 1 is 1.03 bits per heavy atom. The summed E-state index contributed by atoms with van der Waals surface area (Å²) in [6, 6.07) is 13.5. The van der Waals surface area contributed by atoms with Crippen molar-refractivity contribution in [1.29, 1.82) is 0 Å². The van der Waals surface area contributed by atoms with Gasteiger partial charge in [-0.05, 0) is 61.4 Å². The number of carbonyl (C=O) groups excluding carboxylic acids is 2. The van der Waals surface area contributed by atoms with Gasteiger partial charge in [0, 0.05) is 32.6 Å². The molecule has 0 bridgehead atoms. The monoisotopic (exact) mass is 526 g/mol. The summed E-state index contributed by atoms with van der Waals surface area (Å²) >= 11 is 0. The van der Waals surface area contributed by atoms with Crippen LogP contribution < -0.4 is 9.47 Å². The van der Waals surface area contributed by atoms with Crippen LogP contribution in [0.3, 0.4) is 0 Å². The van der Waals surface area contributed by atoms with Crippen LogP contribution in [0.4, 0.5) is 9.18 Å². The molecule has 3 aromatic rings. The number of likely N-dealkylation sites (tertiary alicyclic amines) is 1. The highest BCUT2D eigenvalue weighted by Crippen LogP contribution is 2.41. The Morgan fingerprint density at radius 3 is 2.08 bits per heavy atom. The van der Waals surface area contributed by atoms with Crippen LogP contribution >= 0.6 is 0 Å². The second-order valence-corrected chi connectivity index (χ2v) is 9.20. The third-order valence-corrected chi connectivity index (χ3v) is 6.83. The Bertz CT molecular complexity index is 1280. The van der Waals surface area contributed by atoms with Gasteiger partial charge in [0.05, 0.1) is 25.3 Å². The summed E-state index contributed by atoms with van der Waals surface area (Å²) in [6.45, 7) is 1.63. The molecule has 1 aliphatic heterocycles. The Hall–Kier alpha value is -4.12. The number of piperidine rings is 1. The van der Waals surface area contributed by atoms with Crippen molar-refractivity contribution in [3.8, 4) is 28.4 Å². The first-order valence-electron chi connectivity index (χ1n) is 12.1. The molecule has 1 N–H and O–H groups in total. The molecule has 1 saturated heterocycles. The zero-order valence-corrected chi connectivity index (χ0v) is 21.8. The second kappa shape index (κ2) is 11.1. The molecule has 202 valence electrons. The minimum atomic E-state index is -0.987. The fourth-order valence-electron chi connectivity index (χ4n) is 4.67. The van der Waals surface area contributed by atoms with E-state index in [0.29, 0.717) is 27.8 Å². The normalized spacial score (nSPS) is 14.6. The third kappa shape index (κ3) is 5.28. The average Bonchev–Trinajstić information content (AvgIpc) is 3.29. The first-order valence-corrected chi connectivity index (χ1v) is 12.1. The fourth-order valence-corrected chi connectivity index (χ4v) is 4.67. The van der Waals surface area contributed by atoms with E-state index >= 15 is 4.39 Å².